The maximum atomic E-state index is 13.1. The number of cyclic esters (lactones) is 1. The molecule has 4 unspecified atom stereocenters. The summed E-state index contributed by atoms with van der Waals surface area (Å²) in [5.41, 5.74) is -1.49. The normalized spacial score (nSPS) is 45.5. The van der Waals surface area contributed by atoms with Crippen molar-refractivity contribution in [1.82, 2.24) is 4.90 Å². The average Bonchev–Trinajstić information content (AvgIpc) is 2.77. The van der Waals surface area contributed by atoms with Gasteiger partial charge in [0.1, 0.15) is 12.7 Å². The van der Waals surface area contributed by atoms with Crippen molar-refractivity contribution >= 4 is 5.97 Å². The molecule has 10 nitrogen and oxygen atoms in total. The molecule has 37 heavy (non-hydrogen) atoms. The molecule has 0 aliphatic carbocycles. The van der Waals surface area contributed by atoms with Gasteiger partial charge in [-0.3, -0.25) is 4.79 Å². The Labute approximate surface area is 222 Å². The monoisotopic (exact) mass is 533 g/mol. The number of ether oxygens (including phenoxy) is 4. The summed E-state index contributed by atoms with van der Waals surface area (Å²) in [6.07, 6.45) is -1.00. The molecule has 4 N–H and O–H groups in total. The van der Waals surface area contributed by atoms with E-state index in [1.54, 1.807) is 39.8 Å². The summed E-state index contributed by atoms with van der Waals surface area (Å²) in [5.74, 6) is -4.37. The Morgan fingerprint density at radius 3 is 2.22 bits per heavy atom. The second-order valence-electron chi connectivity index (χ2n) is 12.4. The Morgan fingerprint density at radius 1 is 1.00 bits per heavy atom. The SMILES string of the molecule is CO[C@]1(C)C[C@@H](OC2C(C)C(=O)OCC(O)(O)C(O)[C@@H](C)N(C)C[C@@H](C)CC(C)(O)C[C@@H]2C)O[C@@H](C)C1. The van der Waals surface area contributed by atoms with E-state index in [1.165, 1.54) is 0 Å². The van der Waals surface area contributed by atoms with Crippen molar-refractivity contribution in [3.05, 3.63) is 0 Å². The summed E-state index contributed by atoms with van der Waals surface area (Å²) in [5, 5.41) is 43.1. The van der Waals surface area contributed by atoms with E-state index < -0.39 is 60.0 Å². The van der Waals surface area contributed by atoms with Crippen LogP contribution >= 0.6 is 0 Å². The van der Waals surface area contributed by atoms with Crippen LogP contribution in [0, 0.1) is 17.8 Å². The zero-order valence-electron chi connectivity index (χ0n) is 24.1. The Bertz CT molecular complexity index is 747. The van der Waals surface area contributed by atoms with Crippen molar-refractivity contribution in [3.63, 3.8) is 0 Å². The molecule has 0 spiro atoms. The number of methoxy groups -OCH3 is 1. The lowest BCUT2D eigenvalue weighted by atomic mass is 9.80. The van der Waals surface area contributed by atoms with Gasteiger partial charge in [0, 0.05) is 32.5 Å². The number of nitrogens with zero attached hydrogens (tertiary/aromatic N) is 1. The van der Waals surface area contributed by atoms with Crippen LogP contribution in [-0.2, 0) is 23.7 Å². The van der Waals surface area contributed by atoms with E-state index in [0.29, 0.717) is 32.2 Å². The number of hydrogen-bond acceptors (Lipinski definition) is 10. The first-order valence-corrected chi connectivity index (χ1v) is 13.5. The van der Waals surface area contributed by atoms with E-state index in [4.69, 9.17) is 18.9 Å². The van der Waals surface area contributed by atoms with Crippen LogP contribution in [0.3, 0.4) is 0 Å². The van der Waals surface area contributed by atoms with Gasteiger partial charge in [0.15, 0.2) is 6.29 Å². The first-order valence-electron chi connectivity index (χ1n) is 13.5. The van der Waals surface area contributed by atoms with Crippen LogP contribution in [0.4, 0.5) is 0 Å². The Hall–Kier alpha value is -0.850. The van der Waals surface area contributed by atoms with Gasteiger partial charge >= 0.3 is 5.97 Å². The molecule has 0 aromatic heterocycles. The second-order valence-corrected chi connectivity index (χ2v) is 12.4. The number of hydrogen-bond donors (Lipinski definition) is 4. The van der Waals surface area contributed by atoms with E-state index in [0.717, 1.165) is 0 Å². The molecule has 0 saturated carbocycles. The summed E-state index contributed by atoms with van der Waals surface area (Å²) >= 11 is 0. The molecule has 0 aromatic carbocycles. The highest BCUT2D eigenvalue weighted by atomic mass is 16.7. The van der Waals surface area contributed by atoms with Gasteiger partial charge < -0.3 is 44.3 Å². The maximum Gasteiger partial charge on any atom is 0.311 e. The van der Waals surface area contributed by atoms with Gasteiger partial charge in [-0.05, 0) is 66.3 Å². The predicted octanol–water partition coefficient (Wildman–Crippen LogP) is 1.66. The van der Waals surface area contributed by atoms with Gasteiger partial charge in [-0.25, -0.2) is 0 Å². The van der Waals surface area contributed by atoms with E-state index in [9.17, 15) is 25.2 Å². The molecule has 10 atom stereocenters. The highest BCUT2D eigenvalue weighted by molar-refractivity contribution is 5.72. The molecular formula is C27H51NO9. The zero-order valence-corrected chi connectivity index (χ0v) is 24.1. The van der Waals surface area contributed by atoms with Crippen molar-refractivity contribution in [2.75, 3.05) is 27.3 Å². The van der Waals surface area contributed by atoms with Gasteiger partial charge in [0.05, 0.1) is 29.3 Å². The first kappa shape index (κ1) is 32.4. The number of aliphatic hydroxyl groups excluding tert-OH is 1. The smallest absolute Gasteiger partial charge is 0.311 e. The standard InChI is InChI=1S/C27H51NO9/c1-16-10-25(6,31)11-17(2)22(37-21-13-26(7,34-9)12-18(3)36-21)19(4)24(30)35-15-27(32,33)23(29)20(5)28(8)14-16/h16-23,29,31-33H,10-15H2,1-9H3/t16-,17-,18-,19?,20+,21+,22?,23?,25?,26-/m0/s1. The highest BCUT2D eigenvalue weighted by Crippen LogP contribution is 2.36. The fourth-order valence-corrected chi connectivity index (χ4v) is 6.09. The Balaban J connectivity index is 2.36. The Kier molecular flexibility index (Phi) is 11.0. The van der Waals surface area contributed by atoms with Gasteiger partial charge in [0.25, 0.3) is 0 Å². The second kappa shape index (κ2) is 12.6. The summed E-state index contributed by atoms with van der Waals surface area (Å²) in [6.45, 7) is 12.7. The molecule has 2 saturated heterocycles. The van der Waals surface area contributed by atoms with E-state index in [2.05, 4.69) is 0 Å². The molecule has 0 bridgehead atoms. The van der Waals surface area contributed by atoms with E-state index in [-0.39, 0.29) is 17.9 Å². The summed E-state index contributed by atoms with van der Waals surface area (Å²) in [7, 11) is 3.43. The van der Waals surface area contributed by atoms with Crippen LogP contribution < -0.4 is 0 Å². The molecule has 0 radical (unpaired) electrons. The minimum atomic E-state index is -2.64. The minimum Gasteiger partial charge on any atom is -0.460 e. The maximum absolute atomic E-state index is 13.1. The van der Waals surface area contributed by atoms with Crippen LogP contribution in [0.25, 0.3) is 0 Å². The summed E-state index contributed by atoms with van der Waals surface area (Å²) in [6, 6.07) is -0.640. The first-order chi connectivity index (χ1) is 16.9. The summed E-state index contributed by atoms with van der Waals surface area (Å²) in [4.78, 5) is 14.9. The lowest BCUT2D eigenvalue weighted by Gasteiger charge is -2.43. The lowest BCUT2D eigenvalue weighted by Crippen LogP contribution is -2.56. The Morgan fingerprint density at radius 2 is 1.62 bits per heavy atom. The molecule has 10 heteroatoms. The van der Waals surface area contributed by atoms with Crippen LogP contribution in [0.5, 0.6) is 0 Å². The van der Waals surface area contributed by atoms with Gasteiger partial charge in [-0.2, -0.15) is 0 Å². The van der Waals surface area contributed by atoms with Crippen LogP contribution in [0.1, 0.15) is 74.1 Å². The number of rotatable bonds is 3. The molecule has 2 aliphatic rings. The molecule has 2 heterocycles. The number of likely N-dealkylation sites (N-methyl/N-ethyl adjacent to an activating group) is 1. The minimum absolute atomic E-state index is 0.0402. The average molecular weight is 534 g/mol. The number of esters is 1. The zero-order chi connectivity index (χ0) is 28.3. The molecule has 2 aliphatic heterocycles. The molecule has 0 amide bonds. The number of carbonyl (C=O) groups is 1. The van der Waals surface area contributed by atoms with Crippen molar-refractivity contribution in [1.29, 1.82) is 0 Å². The largest absolute Gasteiger partial charge is 0.460 e. The van der Waals surface area contributed by atoms with Gasteiger partial charge in [0.2, 0.25) is 5.79 Å². The van der Waals surface area contributed by atoms with Crippen molar-refractivity contribution in [3.8, 4) is 0 Å². The van der Waals surface area contributed by atoms with Crippen LogP contribution in [-0.4, -0.2) is 106 Å². The molecule has 2 fully saturated rings. The third kappa shape index (κ3) is 8.83. The van der Waals surface area contributed by atoms with Gasteiger partial charge in [-0.1, -0.05) is 13.8 Å². The van der Waals surface area contributed by atoms with Crippen LogP contribution in [0.15, 0.2) is 0 Å². The number of aliphatic hydroxyl groups is 4. The quantitative estimate of drug-likeness (QED) is 0.313. The van der Waals surface area contributed by atoms with E-state index in [1.807, 2.05) is 27.7 Å². The lowest BCUT2D eigenvalue weighted by molar-refractivity contribution is -0.270. The van der Waals surface area contributed by atoms with Crippen molar-refractivity contribution < 1.29 is 44.2 Å². The molecular weight excluding hydrogens is 482 g/mol. The fraction of sp³-hybridized carbons (Fsp3) is 0.963. The van der Waals surface area contributed by atoms with Crippen molar-refractivity contribution in [2.24, 2.45) is 17.8 Å². The van der Waals surface area contributed by atoms with Crippen molar-refractivity contribution in [2.45, 2.75) is 122 Å². The predicted molar refractivity (Wildman–Crippen MR) is 137 cm³/mol. The number of carbonyl (C=O) groups excluding carboxylic acids is 1. The third-order valence-electron chi connectivity index (χ3n) is 8.13. The molecule has 0 aromatic rings. The molecule has 2 rings (SSSR count). The van der Waals surface area contributed by atoms with Crippen LogP contribution in [0.2, 0.25) is 0 Å². The third-order valence-corrected chi connectivity index (χ3v) is 8.13. The van der Waals surface area contributed by atoms with E-state index >= 15 is 0 Å². The van der Waals surface area contributed by atoms with Gasteiger partial charge in [-0.15, -0.1) is 0 Å². The molecule has 218 valence electrons. The fourth-order valence-electron chi connectivity index (χ4n) is 6.09. The highest BCUT2D eigenvalue weighted by Gasteiger charge is 2.44. The topological polar surface area (TPSA) is 138 Å². The summed E-state index contributed by atoms with van der Waals surface area (Å²) < 4.78 is 23.5.